The Morgan fingerprint density at radius 1 is 0.514 bits per heavy atom. The Morgan fingerprint density at radius 2 is 0.917 bits per heavy atom. The van der Waals surface area contributed by atoms with Crippen LogP contribution in [0.3, 0.4) is 0 Å². The van der Waals surface area contributed by atoms with Gasteiger partial charge in [0.1, 0.15) is 61.0 Å². The van der Waals surface area contributed by atoms with Crippen LogP contribution in [0.25, 0.3) is 0 Å². The number of hydrogen-bond acceptors (Lipinski definition) is 15. The molecule has 0 unspecified atom stereocenters. The van der Waals surface area contributed by atoms with Crippen molar-refractivity contribution in [1.29, 1.82) is 0 Å². The molecule has 2 saturated heterocycles. The molecule has 0 saturated carbocycles. The van der Waals surface area contributed by atoms with Crippen molar-refractivity contribution < 1.29 is 74.5 Å². The normalized spacial score (nSPS) is 26.3. The van der Waals surface area contributed by atoms with Crippen molar-refractivity contribution in [3.05, 3.63) is 0 Å². The highest BCUT2D eigenvalue weighted by atomic mass is 16.7. The zero-order chi connectivity index (χ0) is 52.9. The number of aliphatic hydroxyl groups is 9. The molecule has 14 atom stereocenters. The van der Waals surface area contributed by atoms with Gasteiger partial charge < -0.3 is 75.5 Å². The van der Waals surface area contributed by atoms with Gasteiger partial charge in [-0.1, -0.05) is 213 Å². The highest BCUT2D eigenvalue weighted by Crippen LogP contribution is 2.30. The lowest BCUT2D eigenvalue weighted by atomic mass is 9.95. The van der Waals surface area contributed by atoms with Gasteiger partial charge >= 0.3 is 0 Å². The van der Waals surface area contributed by atoms with Gasteiger partial charge in [0.05, 0.1) is 32.0 Å². The molecule has 72 heavy (non-hydrogen) atoms. The first kappa shape index (κ1) is 66.5. The highest BCUT2D eigenvalue weighted by Gasteiger charge is 2.51. The van der Waals surface area contributed by atoms with E-state index >= 15 is 0 Å². The summed E-state index contributed by atoms with van der Waals surface area (Å²) in [4.78, 5) is 25.4. The third-order valence-electron chi connectivity index (χ3n) is 14.7. The average Bonchev–Trinajstić information content (AvgIpc) is 3.37. The smallest absolute Gasteiger partial charge is 0.249 e. The fourth-order valence-electron chi connectivity index (χ4n) is 9.98. The van der Waals surface area contributed by atoms with Gasteiger partial charge in [-0.05, 0) is 12.8 Å². The zero-order valence-corrected chi connectivity index (χ0v) is 45.0. The van der Waals surface area contributed by atoms with Gasteiger partial charge in [0.15, 0.2) is 12.6 Å². The lowest BCUT2D eigenvalue weighted by Gasteiger charge is -2.47. The second kappa shape index (κ2) is 41.6. The molecule has 17 nitrogen and oxygen atoms in total. The van der Waals surface area contributed by atoms with Crippen LogP contribution in [0.1, 0.15) is 233 Å². The number of rotatable bonds is 45. The van der Waals surface area contributed by atoms with Crippen molar-refractivity contribution >= 4 is 11.8 Å². The van der Waals surface area contributed by atoms with Gasteiger partial charge in [-0.3, -0.25) is 9.59 Å². The predicted molar refractivity (Wildman–Crippen MR) is 278 cm³/mol. The molecule has 11 N–H and O–H groups in total. The van der Waals surface area contributed by atoms with E-state index in [1.807, 2.05) is 0 Å². The minimum absolute atomic E-state index is 0.203. The third kappa shape index (κ3) is 27.5. The monoisotopic (exact) mass is 1030 g/mol. The number of unbranched alkanes of at least 4 members (excludes halogenated alkanes) is 29. The van der Waals surface area contributed by atoms with Crippen LogP contribution in [0.15, 0.2) is 0 Å². The summed E-state index contributed by atoms with van der Waals surface area (Å²) < 4.78 is 23.2. The maximum Gasteiger partial charge on any atom is 0.249 e. The lowest BCUT2D eigenvalue weighted by molar-refractivity contribution is -0.347. The summed E-state index contributed by atoms with van der Waals surface area (Å²) in [5.74, 6) is -1.38. The van der Waals surface area contributed by atoms with Crippen molar-refractivity contribution in [2.24, 2.45) is 0 Å². The summed E-state index contributed by atoms with van der Waals surface area (Å²) in [5, 5.41) is 102. The van der Waals surface area contributed by atoms with Crippen LogP contribution < -0.4 is 10.6 Å². The Hall–Kier alpha value is -1.58. The maximum absolute atomic E-state index is 13.4. The molecule has 0 radical (unpaired) electrons. The molecule has 2 rings (SSSR count). The second-order valence-electron chi connectivity index (χ2n) is 21.1. The van der Waals surface area contributed by atoms with E-state index < -0.39 is 117 Å². The molecule has 426 valence electrons. The molecule has 0 aromatic heterocycles. The first-order valence-electron chi connectivity index (χ1n) is 28.9. The lowest BCUT2D eigenvalue weighted by Crippen LogP contribution is -2.67. The molecule has 0 aromatic carbocycles. The summed E-state index contributed by atoms with van der Waals surface area (Å²) in [6.45, 7) is 3.58. The zero-order valence-electron chi connectivity index (χ0n) is 45.0. The van der Waals surface area contributed by atoms with Gasteiger partial charge in [0, 0.05) is 6.92 Å². The Balaban J connectivity index is 1.92. The minimum atomic E-state index is -1.86. The third-order valence-corrected chi connectivity index (χ3v) is 14.7. The number of carbonyl (C=O) groups is 2. The van der Waals surface area contributed by atoms with E-state index in [4.69, 9.17) is 18.9 Å². The van der Waals surface area contributed by atoms with Crippen LogP contribution in [0.4, 0.5) is 0 Å². The average molecular weight is 1040 g/mol. The van der Waals surface area contributed by atoms with Crippen LogP contribution in [0, 0.1) is 0 Å². The Labute approximate surface area is 433 Å². The highest BCUT2D eigenvalue weighted by molar-refractivity contribution is 5.80. The quantitative estimate of drug-likeness (QED) is 0.0301. The number of hydrogen-bond donors (Lipinski definition) is 11. The van der Waals surface area contributed by atoms with Gasteiger partial charge in [-0.25, -0.2) is 0 Å². The summed E-state index contributed by atoms with van der Waals surface area (Å²) >= 11 is 0. The van der Waals surface area contributed by atoms with E-state index in [9.17, 15) is 55.5 Å². The van der Waals surface area contributed by atoms with Crippen LogP contribution in [0.2, 0.25) is 0 Å². The number of ether oxygens (including phenoxy) is 4. The van der Waals surface area contributed by atoms with E-state index in [1.54, 1.807) is 0 Å². The van der Waals surface area contributed by atoms with E-state index in [0.29, 0.717) is 12.8 Å². The van der Waals surface area contributed by atoms with Crippen LogP contribution in [-0.4, -0.2) is 163 Å². The number of aliphatic hydroxyl groups excluding tert-OH is 9. The molecular weight excluding hydrogens is 929 g/mol. The van der Waals surface area contributed by atoms with Crippen molar-refractivity contribution in [2.45, 2.75) is 318 Å². The van der Waals surface area contributed by atoms with Crippen LogP contribution in [-0.2, 0) is 28.5 Å². The Bertz CT molecular complexity index is 1320. The van der Waals surface area contributed by atoms with Crippen molar-refractivity contribution in [3.63, 3.8) is 0 Å². The van der Waals surface area contributed by atoms with Gasteiger partial charge in [0.25, 0.3) is 0 Å². The maximum atomic E-state index is 13.4. The van der Waals surface area contributed by atoms with Crippen molar-refractivity contribution in [1.82, 2.24) is 10.6 Å². The van der Waals surface area contributed by atoms with E-state index in [0.717, 1.165) is 51.9 Å². The predicted octanol–water partition coefficient (Wildman–Crippen LogP) is 6.25. The van der Waals surface area contributed by atoms with E-state index in [2.05, 4.69) is 24.5 Å². The summed E-state index contributed by atoms with van der Waals surface area (Å²) in [6.07, 6.45) is 18.7. The summed E-state index contributed by atoms with van der Waals surface area (Å²) in [7, 11) is 0. The van der Waals surface area contributed by atoms with E-state index in [1.165, 1.54) is 141 Å². The van der Waals surface area contributed by atoms with Crippen molar-refractivity contribution in [2.75, 3.05) is 19.8 Å². The standard InChI is InChI=1S/C55H106N2O15/c1-4-6-8-10-12-14-16-18-19-20-21-22-24-26-28-30-32-34-36-43(62)53(68)57-41(47(63)42(61)35-33-31-29-27-25-23-17-15-13-11-9-7-5-2)39-69-55-51(67)50(66)52(45(38-59)71-55)72-54-46(56-40(3)60)49(65)48(64)44(37-58)70-54/h41-52,54-55,58-59,61-67H,4-39H2,1-3H3,(H,56,60)(H,57,68)/t41-,42+,43+,44+,45+,46+,47-,48+,49+,50+,51+,52-,54+,55-/m0/s1. The van der Waals surface area contributed by atoms with Gasteiger partial charge in [-0.2, -0.15) is 0 Å². The molecule has 0 aliphatic carbocycles. The first-order chi connectivity index (χ1) is 34.8. The van der Waals surface area contributed by atoms with E-state index in [-0.39, 0.29) is 12.8 Å². The number of carbonyl (C=O) groups excluding carboxylic acids is 2. The fraction of sp³-hybridized carbons (Fsp3) is 0.964. The molecule has 0 spiro atoms. The Kier molecular flexibility index (Phi) is 38.4. The molecular formula is C55H106N2O15. The number of amides is 2. The molecule has 0 aromatic rings. The van der Waals surface area contributed by atoms with Gasteiger partial charge in [-0.15, -0.1) is 0 Å². The molecule has 0 bridgehead atoms. The molecule has 2 fully saturated rings. The molecule has 2 aliphatic rings. The minimum Gasteiger partial charge on any atom is -0.394 e. The van der Waals surface area contributed by atoms with Crippen molar-refractivity contribution in [3.8, 4) is 0 Å². The molecule has 17 heteroatoms. The van der Waals surface area contributed by atoms with Gasteiger partial charge in [0.2, 0.25) is 11.8 Å². The molecule has 2 amide bonds. The topological polar surface area (TPSA) is 277 Å². The summed E-state index contributed by atoms with van der Waals surface area (Å²) in [5.41, 5.74) is 0. The first-order valence-corrected chi connectivity index (χ1v) is 28.9. The van der Waals surface area contributed by atoms with Crippen LogP contribution >= 0.6 is 0 Å². The van der Waals surface area contributed by atoms with Crippen LogP contribution in [0.5, 0.6) is 0 Å². The fourth-order valence-corrected chi connectivity index (χ4v) is 9.98. The second-order valence-corrected chi connectivity index (χ2v) is 21.1. The molecule has 2 aliphatic heterocycles. The number of nitrogens with one attached hydrogen (secondary N) is 2. The Morgan fingerprint density at radius 3 is 1.33 bits per heavy atom. The SMILES string of the molecule is CCCCCCCCCCCCCCCCCCCC[C@@H](O)C(=O)N[C@@H](CO[C@H]1O[C@H](CO)[C@H](O[C@H]2O[C@H](CO)[C@@H](O)[C@H](O)[C@H]2NC(C)=O)[C@H](O)[C@H]1O)[C@H](O)[C@H](O)CCCCCCCCCCCCCCC. The molecule has 2 heterocycles. The summed E-state index contributed by atoms with van der Waals surface area (Å²) in [6, 6.07) is -2.67. The largest absolute Gasteiger partial charge is 0.394 e.